The van der Waals surface area contributed by atoms with Crippen molar-refractivity contribution in [3.8, 4) is 0 Å². The Morgan fingerprint density at radius 1 is 1.10 bits per heavy atom. The second-order valence-electron chi connectivity index (χ2n) is 11.5. The number of rotatable bonds is 6. The molecule has 1 saturated carbocycles. The Labute approximate surface area is 227 Å². The van der Waals surface area contributed by atoms with E-state index >= 15 is 0 Å². The van der Waals surface area contributed by atoms with Gasteiger partial charge in [0.25, 0.3) is 0 Å². The maximum atomic E-state index is 14.1. The molecule has 2 aromatic rings. The highest BCUT2D eigenvalue weighted by Gasteiger charge is 2.72. The highest BCUT2D eigenvalue weighted by Crippen LogP contribution is 2.55. The van der Waals surface area contributed by atoms with Gasteiger partial charge in [-0.2, -0.15) is 0 Å². The summed E-state index contributed by atoms with van der Waals surface area (Å²) in [5.41, 5.74) is 1.11. The van der Waals surface area contributed by atoms with Crippen LogP contribution in [0.25, 0.3) is 0 Å². The molecule has 3 fully saturated rings. The van der Waals surface area contributed by atoms with Crippen molar-refractivity contribution in [3.63, 3.8) is 0 Å². The summed E-state index contributed by atoms with van der Waals surface area (Å²) in [5, 5.41) is 6.19. The van der Waals surface area contributed by atoms with E-state index in [2.05, 4.69) is 17.6 Å². The van der Waals surface area contributed by atoms with E-state index in [1.807, 2.05) is 43.3 Å². The minimum atomic E-state index is -1.24. The van der Waals surface area contributed by atoms with Crippen LogP contribution < -0.4 is 10.6 Å². The molecule has 204 valence electrons. The number of nitrogens with one attached hydrogen (secondary N) is 2. The van der Waals surface area contributed by atoms with Crippen LogP contribution in [-0.4, -0.2) is 46.4 Å². The molecule has 1 aliphatic carbocycles. The van der Waals surface area contributed by atoms with Crippen molar-refractivity contribution in [1.82, 2.24) is 10.2 Å². The van der Waals surface area contributed by atoms with E-state index in [0.717, 1.165) is 31.2 Å². The number of carbonyl (C=O) groups excluding carboxylic acids is 3. The van der Waals surface area contributed by atoms with Crippen molar-refractivity contribution in [2.24, 2.45) is 17.8 Å². The molecule has 39 heavy (non-hydrogen) atoms. The van der Waals surface area contributed by atoms with E-state index in [1.165, 1.54) is 17.0 Å². The highest BCUT2D eigenvalue weighted by atomic mass is 19.1. The second kappa shape index (κ2) is 9.90. The van der Waals surface area contributed by atoms with Gasteiger partial charge in [0.15, 0.2) is 0 Å². The highest BCUT2D eigenvalue weighted by molar-refractivity contribution is 6.02. The smallest absolute Gasteiger partial charge is 0.246 e. The molecular formula is C31H34FN3O4. The van der Waals surface area contributed by atoms with Crippen LogP contribution in [0, 0.1) is 30.5 Å². The summed E-state index contributed by atoms with van der Waals surface area (Å²) < 4.78 is 20.0. The lowest BCUT2D eigenvalue weighted by Gasteiger charge is -2.36. The Bertz CT molecular complexity index is 1330. The minimum Gasteiger partial charge on any atom is -0.359 e. The fourth-order valence-corrected chi connectivity index (χ4v) is 6.97. The summed E-state index contributed by atoms with van der Waals surface area (Å²) in [6.07, 6.45) is 7.16. The third-order valence-corrected chi connectivity index (χ3v) is 8.92. The zero-order valence-corrected chi connectivity index (χ0v) is 22.2. The van der Waals surface area contributed by atoms with Gasteiger partial charge >= 0.3 is 0 Å². The second-order valence-corrected chi connectivity index (χ2v) is 11.5. The zero-order valence-electron chi connectivity index (χ0n) is 22.2. The van der Waals surface area contributed by atoms with Gasteiger partial charge in [-0.05, 0) is 61.1 Å². The molecule has 0 aromatic heterocycles. The first-order valence-corrected chi connectivity index (χ1v) is 13.9. The molecule has 8 heteroatoms. The molecule has 1 spiro atoms. The quantitative estimate of drug-likeness (QED) is 0.549. The Hall–Kier alpha value is -3.52. The normalized spacial score (nSPS) is 32.8. The molecule has 3 amide bonds. The standard InChI is InChI=1S/C31H34FN3O4/c1-18-6-5-8-22(16-18)33-28(36)25-24-14-15-31(39-24)26(25)30(38)35(17-20-10-12-21(32)13-11-20)27(31)29(37)34-23-9-4-3-7-19(23)2/h5-6,8,10-16,19,23-27H,3-4,7,9,17H2,1-2H3,(H,33,36)(H,34,37). The summed E-state index contributed by atoms with van der Waals surface area (Å²) in [6, 6.07) is 12.5. The van der Waals surface area contributed by atoms with Gasteiger partial charge in [-0.15, -0.1) is 0 Å². The summed E-state index contributed by atoms with van der Waals surface area (Å²) in [5.74, 6) is -2.52. The molecule has 2 bridgehead atoms. The Balaban J connectivity index is 1.33. The molecule has 3 aliphatic heterocycles. The average molecular weight is 532 g/mol. The van der Waals surface area contributed by atoms with Crippen LogP contribution in [0.5, 0.6) is 0 Å². The third-order valence-electron chi connectivity index (χ3n) is 8.92. The Kier molecular flexibility index (Phi) is 6.53. The number of hydrogen-bond acceptors (Lipinski definition) is 4. The fourth-order valence-electron chi connectivity index (χ4n) is 6.97. The summed E-state index contributed by atoms with van der Waals surface area (Å²) in [6.45, 7) is 4.20. The maximum Gasteiger partial charge on any atom is 0.246 e. The average Bonchev–Trinajstić information content (AvgIpc) is 3.54. The van der Waals surface area contributed by atoms with Crippen molar-refractivity contribution >= 4 is 23.4 Å². The summed E-state index contributed by atoms with van der Waals surface area (Å²) in [4.78, 5) is 43.3. The summed E-state index contributed by atoms with van der Waals surface area (Å²) >= 11 is 0. The molecule has 7 nitrogen and oxygen atoms in total. The van der Waals surface area contributed by atoms with Gasteiger partial charge in [0.2, 0.25) is 17.7 Å². The molecule has 2 N–H and O–H groups in total. The number of amides is 3. The first kappa shape index (κ1) is 25.7. The van der Waals surface area contributed by atoms with Crippen LogP contribution in [0.3, 0.4) is 0 Å². The van der Waals surface area contributed by atoms with E-state index in [1.54, 1.807) is 12.1 Å². The maximum absolute atomic E-state index is 14.1. The minimum absolute atomic E-state index is 0.0208. The Morgan fingerprint density at radius 3 is 2.62 bits per heavy atom. The van der Waals surface area contributed by atoms with Gasteiger partial charge in [0, 0.05) is 18.3 Å². The lowest BCUT2D eigenvalue weighted by molar-refractivity contribution is -0.142. The van der Waals surface area contributed by atoms with Crippen LogP contribution in [0.4, 0.5) is 10.1 Å². The van der Waals surface area contributed by atoms with Crippen LogP contribution in [0.1, 0.15) is 43.7 Å². The van der Waals surface area contributed by atoms with E-state index in [-0.39, 0.29) is 36.1 Å². The van der Waals surface area contributed by atoms with E-state index < -0.39 is 29.6 Å². The van der Waals surface area contributed by atoms with Gasteiger partial charge in [-0.1, -0.05) is 56.2 Å². The molecule has 4 aliphatic rings. The molecular weight excluding hydrogens is 497 g/mol. The molecule has 3 heterocycles. The van der Waals surface area contributed by atoms with E-state index in [0.29, 0.717) is 17.2 Å². The fraction of sp³-hybridized carbons (Fsp3) is 0.452. The van der Waals surface area contributed by atoms with Crippen LogP contribution in [-0.2, 0) is 25.7 Å². The lowest BCUT2D eigenvalue weighted by Crippen LogP contribution is -2.57. The summed E-state index contributed by atoms with van der Waals surface area (Å²) in [7, 11) is 0. The van der Waals surface area contributed by atoms with Crippen molar-refractivity contribution in [3.05, 3.63) is 77.6 Å². The molecule has 7 atom stereocenters. The molecule has 0 radical (unpaired) electrons. The largest absolute Gasteiger partial charge is 0.359 e. The lowest BCUT2D eigenvalue weighted by atomic mass is 9.74. The van der Waals surface area contributed by atoms with Gasteiger partial charge in [0.05, 0.1) is 17.9 Å². The van der Waals surface area contributed by atoms with E-state index in [4.69, 9.17) is 4.74 Å². The zero-order chi connectivity index (χ0) is 27.3. The monoisotopic (exact) mass is 531 g/mol. The number of nitrogens with zero attached hydrogens (tertiary/aromatic N) is 1. The molecule has 2 aromatic carbocycles. The SMILES string of the molecule is Cc1cccc(NC(=O)C2C3C=CC4(O3)C2C(=O)N(Cc2ccc(F)cc2)C4C(=O)NC2CCCCC2C)c1. The molecule has 6 rings (SSSR count). The van der Waals surface area contributed by atoms with Crippen molar-refractivity contribution in [2.45, 2.75) is 69.9 Å². The number of fused-ring (bicyclic) bond motifs is 1. The van der Waals surface area contributed by atoms with Crippen LogP contribution >= 0.6 is 0 Å². The Morgan fingerprint density at radius 2 is 1.87 bits per heavy atom. The van der Waals surface area contributed by atoms with Crippen LogP contribution in [0.15, 0.2) is 60.7 Å². The predicted molar refractivity (Wildman–Crippen MR) is 144 cm³/mol. The van der Waals surface area contributed by atoms with Crippen molar-refractivity contribution < 1.29 is 23.5 Å². The number of likely N-dealkylation sites (tertiary alicyclic amines) is 1. The number of anilines is 1. The van der Waals surface area contributed by atoms with Gasteiger partial charge in [-0.3, -0.25) is 14.4 Å². The van der Waals surface area contributed by atoms with Gasteiger partial charge in [0.1, 0.15) is 17.5 Å². The van der Waals surface area contributed by atoms with Gasteiger partial charge < -0.3 is 20.3 Å². The molecule has 7 unspecified atom stereocenters. The van der Waals surface area contributed by atoms with E-state index in [9.17, 15) is 18.8 Å². The first-order valence-electron chi connectivity index (χ1n) is 13.9. The number of aryl methyl sites for hydroxylation is 1. The number of hydrogen-bond donors (Lipinski definition) is 2. The van der Waals surface area contributed by atoms with Gasteiger partial charge in [-0.25, -0.2) is 4.39 Å². The van der Waals surface area contributed by atoms with Crippen molar-refractivity contribution in [2.75, 3.05) is 5.32 Å². The third kappa shape index (κ3) is 4.44. The number of carbonyl (C=O) groups is 3. The van der Waals surface area contributed by atoms with Crippen LogP contribution in [0.2, 0.25) is 0 Å². The number of ether oxygens (including phenoxy) is 1. The number of halogens is 1. The number of benzene rings is 2. The van der Waals surface area contributed by atoms with Crippen molar-refractivity contribution in [1.29, 1.82) is 0 Å². The topological polar surface area (TPSA) is 87.7 Å². The molecule has 2 saturated heterocycles. The predicted octanol–water partition coefficient (Wildman–Crippen LogP) is 4.12. The first-order chi connectivity index (χ1) is 18.8.